The van der Waals surface area contributed by atoms with Crippen LogP contribution in [-0.4, -0.2) is 35.7 Å². The van der Waals surface area contributed by atoms with Crippen LogP contribution in [-0.2, 0) is 14.4 Å². The Balaban J connectivity index is 2.60. The fraction of sp³-hybridized carbons (Fsp3) is 0.438. The summed E-state index contributed by atoms with van der Waals surface area (Å²) in [5, 5.41) is 5.39. The van der Waals surface area contributed by atoms with Crippen LogP contribution in [0.3, 0.4) is 0 Å². The number of benzene rings is 1. The lowest BCUT2D eigenvalue weighted by atomic mass is 10.2. The molecule has 0 fully saturated rings. The van der Waals surface area contributed by atoms with Crippen LogP contribution in [0, 0.1) is 5.92 Å². The van der Waals surface area contributed by atoms with Gasteiger partial charge in [-0.2, -0.15) is 0 Å². The second kappa shape index (κ2) is 8.17. The molecule has 1 rings (SSSR count). The maximum absolute atomic E-state index is 12.0. The van der Waals surface area contributed by atoms with Gasteiger partial charge in [0.25, 0.3) is 0 Å². The van der Waals surface area contributed by atoms with Crippen LogP contribution in [0.15, 0.2) is 24.3 Å². The van der Waals surface area contributed by atoms with Gasteiger partial charge in [0, 0.05) is 31.8 Å². The second-order valence-electron chi connectivity index (χ2n) is 5.60. The average molecular weight is 305 g/mol. The highest BCUT2D eigenvalue weighted by Crippen LogP contribution is 2.13. The summed E-state index contributed by atoms with van der Waals surface area (Å²) < 4.78 is 0. The lowest BCUT2D eigenvalue weighted by Crippen LogP contribution is -2.38. The minimum absolute atomic E-state index is 0.0287. The Morgan fingerprint density at radius 1 is 1.00 bits per heavy atom. The quantitative estimate of drug-likeness (QED) is 0.844. The molecule has 0 bridgehead atoms. The molecule has 0 radical (unpaired) electrons. The highest BCUT2D eigenvalue weighted by atomic mass is 16.2. The average Bonchev–Trinajstić information content (AvgIpc) is 2.39. The Hall–Kier alpha value is -2.37. The van der Waals surface area contributed by atoms with Gasteiger partial charge in [-0.1, -0.05) is 13.8 Å². The summed E-state index contributed by atoms with van der Waals surface area (Å²) in [5.41, 5.74) is 1.28. The third kappa shape index (κ3) is 6.39. The Morgan fingerprint density at radius 2 is 1.50 bits per heavy atom. The van der Waals surface area contributed by atoms with Crippen LogP contribution in [0.4, 0.5) is 11.4 Å². The molecule has 0 aliphatic rings. The monoisotopic (exact) mass is 305 g/mol. The van der Waals surface area contributed by atoms with Gasteiger partial charge in [-0.15, -0.1) is 0 Å². The number of anilines is 2. The third-order valence-corrected chi connectivity index (χ3v) is 2.85. The molecular formula is C16H23N3O3. The Kier molecular flexibility index (Phi) is 6.56. The molecule has 0 aliphatic heterocycles. The van der Waals surface area contributed by atoms with Crippen molar-refractivity contribution in [2.45, 2.75) is 27.7 Å². The molecule has 3 amide bonds. The van der Waals surface area contributed by atoms with Gasteiger partial charge in [0.15, 0.2) is 0 Å². The molecule has 22 heavy (non-hydrogen) atoms. The minimum Gasteiger partial charge on any atom is -0.333 e. The number of nitrogens with one attached hydrogen (secondary N) is 2. The Morgan fingerprint density at radius 3 is 1.91 bits per heavy atom. The first-order chi connectivity index (χ1) is 10.3. The highest BCUT2D eigenvalue weighted by Gasteiger charge is 2.14. The van der Waals surface area contributed by atoms with E-state index in [2.05, 4.69) is 10.6 Å². The van der Waals surface area contributed by atoms with Gasteiger partial charge in [0.05, 0.1) is 6.54 Å². The van der Waals surface area contributed by atoms with Crippen molar-refractivity contribution >= 4 is 29.1 Å². The fourth-order valence-corrected chi connectivity index (χ4v) is 1.96. The van der Waals surface area contributed by atoms with E-state index in [9.17, 15) is 14.4 Å². The molecule has 1 aromatic carbocycles. The fourth-order valence-electron chi connectivity index (χ4n) is 1.96. The molecule has 0 unspecified atom stereocenters. The number of carbonyl (C=O) groups is 3. The number of carbonyl (C=O) groups excluding carboxylic acids is 3. The summed E-state index contributed by atoms with van der Waals surface area (Å²) in [7, 11) is 0. The minimum atomic E-state index is -0.247. The zero-order valence-corrected chi connectivity index (χ0v) is 13.5. The van der Waals surface area contributed by atoms with E-state index in [1.54, 1.807) is 24.3 Å². The van der Waals surface area contributed by atoms with Gasteiger partial charge in [-0.25, -0.2) is 0 Å². The summed E-state index contributed by atoms with van der Waals surface area (Å²) >= 11 is 0. The zero-order chi connectivity index (χ0) is 16.7. The predicted molar refractivity (Wildman–Crippen MR) is 86.5 cm³/mol. The molecule has 0 aromatic heterocycles. The Bertz CT molecular complexity index is 538. The van der Waals surface area contributed by atoms with Gasteiger partial charge >= 0.3 is 0 Å². The van der Waals surface area contributed by atoms with Crippen LogP contribution in [0.1, 0.15) is 27.7 Å². The molecule has 0 aliphatic carbocycles. The number of rotatable bonds is 6. The summed E-state index contributed by atoms with van der Waals surface area (Å²) in [6, 6.07) is 6.80. The molecular weight excluding hydrogens is 282 g/mol. The van der Waals surface area contributed by atoms with Crippen LogP contribution in [0.25, 0.3) is 0 Å². The first-order valence-electron chi connectivity index (χ1n) is 7.21. The summed E-state index contributed by atoms with van der Waals surface area (Å²) in [4.78, 5) is 36.0. The SMILES string of the molecule is CC(=O)Nc1ccc(NC(=O)CN(CC(C)C)C(C)=O)cc1. The van der Waals surface area contributed by atoms with Gasteiger partial charge in [0.1, 0.15) is 0 Å². The van der Waals surface area contributed by atoms with Crippen molar-refractivity contribution in [3.05, 3.63) is 24.3 Å². The van der Waals surface area contributed by atoms with E-state index in [4.69, 9.17) is 0 Å². The zero-order valence-electron chi connectivity index (χ0n) is 13.5. The summed E-state index contributed by atoms with van der Waals surface area (Å²) in [6.45, 7) is 7.45. The van der Waals surface area contributed by atoms with Crippen molar-refractivity contribution in [1.29, 1.82) is 0 Å². The molecule has 0 atom stereocenters. The summed E-state index contributed by atoms with van der Waals surface area (Å²) in [6.07, 6.45) is 0. The van der Waals surface area contributed by atoms with Crippen molar-refractivity contribution in [3.63, 3.8) is 0 Å². The maximum atomic E-state index is 12.0. The summed E-state index contributed by atoms with van der Waals surface area (Å²) in [5.74, 6) is -0.218. The molecule has 120 valence electrons. The second-order valence-corrected chi connectivity index (χ2v) is 5.60. The van der Waals surface area contributed by atoms with Crippen molar-refractivity contribution in [2.24, 2.45) is 5.92 Å². The van der Waals surface area contributed by atoms with Gasteiger partial charge in [0.2, 0.25) is 17.7 Å². The van der Waals surface area contributed by atoms with E-state index in [0.717, 1.165) is 0 Å². The van der Waals surface area contributed by atoms with Crippen LogP contribution < -0.4 is 10.6 Å². The Labute approximate surface area is 130 Å². The lowest BCUT2D eigenvalue weighted by Gasteiger charge is -2.22. The van der Waals surface area contributed by atoms with Crippen molar-refractivity contribution < 1.29 is 14.4 Å². The molecule has 0 saturated carbocycles. The standard InChI is InChI=1S/C16H23N3O3/c1-11(2)9-19(13(4)21)10-16(22)18-15-7-5-14(6-8-15)17-12(3)20/h5-8,11H,9-10H2,1-4H3,(H,17,20)(H,18,22). The number of hydrogen-bond donors (Lipinski definition) is 2. The van der Waals surface area contributed by atoms with E-state index in [1.807, 2.05) is 13.8 Å². The number of hydrogen-bond acceptors (Lipinski definition) is 3. The highest BCUT2D eigenvalue weighted by molar-refractivity contribution is 5.95. The first-order valence-corrected chi connectivity index (χ1v) is 7.21. The van der Waals surface area contributed by atoms with Gasteiger partial charge < -0.3 is 15.5 Å². The molecule has 1 aromatic rings. The predicted octanol–water partition coefficient (Wildman–Crippen LogP) is 2.09. The van der Waals surface area contributed by atoms with Crippen LogP contribution in [0.2, 0.25) is 0 Å². The lowest BCUT2D eigenvalue weighted by molar-refractivity contribution is -0.133. The first kappa shape index (κ1) is 17.7. The van der Waals surface area contributed by atoms with Crippen molar-refractivity contribution in [1.82, 2.24) is 4.90 Å². The van der Waals surface area contributed by atoms with E-state index in [1.165, 1.54) is 18.7 Å². The van der Waals surface area contributed by atoms with Crippen LogP contribution >= 0.6 is 0 Å². The molecule has 6 heteroatoms. The molecule has 0 spiro atoms. The van der Waals surface area contributed by atoms with E-state index in [0.29, 0.717) is 23.8 Å². The largest absolute Gasteiger partial charge is 0.333 e. The van der Waals surface area contributed by atoms with Crippen molar-refractivity contribution in [2.75, 3.05) is 23.7 Å². The van der Waals surface area contributed by atoms with E-state index < -0.39 is 0 Å². The molecule has 6 nitrogen and oxygen atoms in total. The van der Waals surface area contributed by atoms with Crippen LogP contribution in [0.5, 0.6) is 0 Å². The van der Waals surface area contributed by atoms with E-state index >= 15 is 0 Å². The maximum Gasteiger partial charge on any atom is 0.243 e. The molecule has 0 heterocycles. The molecule has 0 saturated heterocycles. The van der Waals surface area contributed by atoms with Gasteiger partial charge in [-0.3, -0.25) is 14.4 Å². The topological polar surface area (TPSA) is 78.5 Å². The van der Waals surface area contributed by atoms with E-state index in [-0.39, 0.29) is 24.3 Å². The number of amides is 3. The van der Waals surface area contributed by atoms with Crippen molar-refractivity contribution in [3.8, 4) is 0 Å². The van der Waals surface area contributed by atoms with Gasteiger partial charge in [-0.05, 0) is 30.2 Å². The molecule has 2 N–H and O–H groups in total. The smallest absolute Gasteiger partial charge is 0.243 e. The number of nitrogens with zero attached hydrogens (tertiary/aromatic N) is 1. The third-order valence-electron chi connectivity index (χ3n) is 2.85. The normalized spacial score (nSPS) is 10.2.